The number of hydrogen-bond donors (Lipinski definition) is 1. The van der Waals surface area contributed by atoms with Gasteiger partial charge in [-0.2, -0.15) is 0 Å². The van der Waals surface area contributed by atoms with Gasteiger partial charge in [-0.25, -0.2) is 4.90 Å². The normalized spacial score (nSPS) is 13.9. The molecule has 2 aliphatic rings. The van der Waals surface area contributed by atoms with E-state index in [0.717, 1.165) is 17.5 Å². The number of rotatable bonds is 2. The number of nitrogens with zero attached hydrogens (tertiary/aromatic N) is 1. The maximum absolute atomic E-state index is 12.8. The van der Waals surface area contributed by atoms with Crippen molar-refractivity contribution in [2.24, 2.45) is 0 Å². The summed E-state index contributed by atoms with van der Waals surface area (Å²) < 4.78 is 0. The SMILES string of the molecule is O=C1c2ccc(O)cc2C(=O)N1c1ccc(-c2cccc3c2Cc2ccccc2-3)cc1. The van der Waals surface area contributed by atoms with Crippen LogP contribution >= 0.6 is 0 Å². The van der Waals surface area contributed by atoms with Gasteiger partial charge in [0.1, 0.15) is 5.75 Å². The second-order valence-electron chi connectivity index (χ2n) is 7.89. The number of carbonyl (C=O) groups is 2. The van der Waals surface area contributed by atoms with Crippen LogP contribution in [-0.4, -0.2) is 16.9 Å². The largest absolute Gasteiger partial charge is 0.508 e. The van der Waals surface area contributed by atoms with E-state index < -0.39 is 5.91 Å². The summed E-state index contributed by atoms with van der Waals surface area (Å²) in [4.78, 5) is 26.7. The van der Waals surface area contributed by atoms with Gasteiger partial charge in [-0.3, -0.25) is 9.59 Å². The van der Waals surface area contributed by atoms with Gasteiger partial charge >= 0.3 is 0 Å². The van der Waals surface area contributed by atoms with Gasteiger partial charge in [-0.05, 0) is 70.1 Å². The van der Waals surface area contributed by atoms with E-state index in [1.165, 1.54) is 45.4 Å². The van der Waals surface area contributed by atoms with Gasteiger partial charge < -0.3 is 5.11 Å². The molecule has 4 heteroatoms. The minimum absolute atomic E-state index is 0.0315. The molecule has 0 radical (unpaired) electrons. The fourth-order valence-electron chi connectivity index (χ4n) is 4.68. The van der Waals surface area contributed by atoms with Gasteiger partial charge in [-0.1, -0.05) is 54.6 Å². The zero-order valence-electron chi connectivity index (χ0n) is 16.5. The van der Waals surface area contributed by atoms with Crippen LogP contribution in [0.3, 0.4) is 0 Å². The monoisotopic (exact) mass is 403 g/mol. The smallest absolute Gasteiger partial charge is 0.266 e. The summed E-state index contributed by atoms with van der Waals surface area (Å²) in [5.41, 5.74) is 8.44. The first-order valence-electron chi connectivity index (χ1n) is 10.1. The van der Waals surface area contributed by atoms with Crippen LogP contribution in [0.15, 0.2) is 84.9 Å². The van der Waals surface area contributed by atoms with E-state index in [-0.39, 0.29) is 17.2 Å². The number of phenolic OH excluding ortho intramolecular Hbond substituents is 1. The van der Waals surface area contributed by atoms with E-state index in [1.54, 1.807) is 12.1 Å². The Morgan fingerprint density at radius 3 is 2.19 bits per heavy atom. The summed E-state index contributed by atoms with van der Waals surface area (Å²) >= 11 is 0. The molecule has 0 bridgehead atoms. The van der Waals surface area contributed by atoms with Crippen LogP contribution in [-0.2, 0) is 6.42 Å². The molecule has 1 heterocycles. The van der Waals surface area contributed by atoms with E-state index in [0.29, 0.717) is 11.3 Å². The molecule has 2 amide bonds. The van der Waals surface area contributed by atoms with Crippen molar-refractivity contribution in [2.75, 3.05) is 4.90 Å². The van der Waals surface area contributed by atoms with E-state index >= 15 is 0 Å². The van der Waals surface area contributed by atoms with Gasteiger partial charge in [0, 0.05) is 0 Å². The Morgan fingerprint density at radius 2 is 1.35 bits per heavy atom. The summed E-state index contributed by atoms with van der Waals surface area (Å²) in [6.45, 7) is 0. The Balaban J connectivity index is 1.37. The molecule has 0 saturated carbocycles. The molecule has 4 nitrogen and oxygen atoms in total. The van der Waals surface area contributed by atoms with Crippen molar-refractivity contribution in [3.63, 3.8) is 0 Å². The molecule has 148 valence electrons. The zero-order valence-corrected chi connectivity index (χ0v) is 16.5. The topological polar surface area (TPSA) is 57.6 Å². The highest BCUT2D eigenvalue weighted by Gasteiger charge is 2.36. The fourth-order valence-corrected chi connectivity index (χ4v) is 4.68. The molecule has 0 unspecified atom stereocenters. The minimum Gasteiger partial charge on any atom is -0.508 e. The van der Waals surface area contributed by atoms with Crippen molar-refractivity contribution in [1.82, 2.24) is 0 Å². The number of hydrogen-bond acceptors (Lipinski definition) is 3. The summed E-state index contributed by atoms with van der Waals surface area (Å²) in [6.07, 6.45) is 0.894. The van der Waals surface area contributed by atoms with Crippen LogP contribution in [0.5, 0.6) is 5.75 Å². The molecule has 1 aliphatic heterocycles. The molecule has 0 spiro atoms. The lowest BCUT2D eigenvalue weighted by molar-refractivity contribution is 0.0926. The zero-order chi connectivity index (χ0) is 21.1. The first-order valence-corrected chi connectivity index (χ1v) is 10.1. The summed E-state index contributed by atoms with van der Waals surface area (Å²) in [6, 6.07) is 26.6. The molecule has 0 fully saturated rings. The van der Waals surface area contributed by atoms with E-state index in [4.69, 9.17) is 0 Å². The average Bonchev–Trinajstić information content (AvgIpc) is 3.29. The molecule has 4 aromatic carbocycles. The lowest BCUT2D eigenvalue weighted by atomic mass is 9.95. The van der Waals surface area contributed by atoms with Gasteiger partial charge in [0.2, 0.25) is 0 Å². The predicted octanol–water partition coefficient (Wildman–Crippen LogP) is 5.43. The van der Waals surface area contributed by atoms with Crippen molar-refractivity contribution >= 4 is 17.5 Å². The van der Waals surface area contributed by atoms with E-state index in [9.17, 15) is 14.7 Å². The molecule has 1 N–H and O–H groups in total. The minimum atomic E-state index is -0.417. The van der Waals surface area contributed by atoms with Gasteiger partial charge in [0.25, 0.3) is 11.8 Å². The Bertz CT molecular complexity index is 1400. The Kier molecular flexibility index (Phi) is 3.65. The molecule has 31 heavy (non-hydrogen) atoms. The number of imide groups is 1. The quantitative estimate of drug-likeness (QED) is 0.400. The highest BCUT2D eigenvalue weighted by molar-refractivity contribution is 6.34. The second kappa shape index (κ2) is 6.41. The van der Waals surface area contributed by atoms with Crippen LogP contribution in [0.1, 0.15) is 31.8 Å². The van der Waals surface area contributed by atoms with Crippen LogP contribution in [0.25, 0.3) is 22.3 Å². The molecule has 4 aromatic rings. The maximum atomic E-state index is 12.8. The Morgan fingerprint density at radius 1 is 0.645 bits per heavy atom. The molecule has 0 atom stereocenters. The number of fused-ring (bicyclic) bond motifs is 4. The molecule has 0 saturated heterocycles. The molecular weight excluding hydrogens is 386 g/mol. The average molecular weight is 403 g/mol. The lowest BCUT2D eigenvalue weighted by Gasteiger charge is -2.15. The summed E-state index contributed by atoms with van der Waals surface area (Å²) in [7, 11) is 0. The maximum Gasteiger partial charge on any atom is 0.266 e. The number of anilines is 1. The van der Waals surface area contributed by atoms with Crippen molar-refractivity contribution in [3.05, 3.63) is 107 Å². The summed E-state index contributed by atoms with van der Waals surface area (Å²) in [5, 5.41) is 9.68. The highest BCUT2D eigenvalue weighted by atomic mass is 16.3. The third-order valence-electron chi connectivity index (χ3n) is 6.16. The first-order chi connectivity index (χ1) is 15.1. The summed E-state index contributed by atoms with van der Waals surface area (Å²) in [5.74, 6) is -0.820. The second-order valence-corrected chi connectivity index (χ2v) is 7.89. The highest BCUT2D eigenvalue weighted by Crippen LogP contribution is 2.42. The fraction of sp³-hybridized carbons (Fsp3) is 0.0370. The van der Waals surface area contributed by atoms with Crippen molar-refractivity contribution in [1.29, 1.82) is 0 Å². The predicted molar refractivity (Wildman–Crippen MR) is 119 cm³/mol. The van der Waals surface area contributed by atoms with Crippen molar-refractivity contribution in [3.8, 4) is 28.0 Å². The standard InChI is InChI=1S/C27H17NO3/c29-19-12-13-23-25(15-19)27(31)28(26(23)30)18-10-8-16(9-11-18)20-6-3-7-22-21-5-2-1-4-17(21)14-24(20)22/h1-13,15,29H,14H2. The van der Waals surface area contributed by atoms with Gasteiger partial charge in [0.15, 0.2) is 0 Å². The first kappa shape index (κ1) is 17.7. The van der Waals surface area contributed by atoms with Gasteiger partial charge in [0.05, 0.1) is 16.8 Å². The van der Waals surface area contributed by atoms with Crippen LogP contribution in [0, 0.1) is 0 Å². The molecule has 0 aromatic heterocycles. The third-order valence-corrected chi connectivity index (χ3v) is 6.16. The molecule has 6 rings (SSSR count). The van der Waals surface area contributed by atoms with Crippen molar-refractivity contribution < 1.29 is 14.7 Å². The lowest BCUT2D eigenvalue weighted by Crippen LogP contribution is -2.29. The molecular formula is C27H17NO3. The molecule has 1 aliphatic carbocycles. The number of phenols is 1. The van der Waals surface area contributed by atoms with Crippen LogP contribution in [0.4, 0.5) is 5.69 Å². The van der Waals surface area contributed by atoms with Gasteiger partial charge in [-0.15, -0.1) is 0 Å². The number of carbonyl (C=O) groups excluding carboxylic acids is 2. The number of benzene rings is 4. The van der Waals surface area contributed by atoms with E-state index in [2.05, 4.69) is 42.5 Å². The number of amides is 2. The van der Waals surface area contributed by atoms with E-state index in [1.807, 2.05) is 12.1 Å². The Hall–Kier alpha value is -4.18. The van der Waals surface area contributed by atoms with Crippen molar-refractivity contribution in [2.45, 2.75) is 6.42 Å². The Labute approximate surface area is 179 Å². The van der Waals surface area contributed by atoms with Crippen LogP contribution < -0.4 is 4.90 Å². The van der Waals surface area contributed by atoms with Crippen LogP contribution in [0.2, 0.25) is 0 Å². The third kappa shape index (κ3) is 2.55. The number of aromatic hydroxyl groups is 1.